The van der Waals surface area contributed by atoms with Crippen LogP contribution in [-0.2, 0) is 9.63 Å². The van der Waals surface area contributed by atoms with Gasteiger partial charge in [0.05, 0.1) is 5.71 Å². The van der Waals surface area contributed by atoms with Crippen molar-refractivity contribution in [1.29, 1.82) is 0 Å². The van der Waals surface area contributed by atoms with E-state index in [0.29, 0.717) is 5.71 Å². The first kappa shape index (κ1) is 9.74. The summed E-state index contributed by atoms with van der Waals surface area (Å²) in [6.45, 7) is 4.36. The zero-order valence-corrected chi connectivity index (χ0v) is 6.70. The lowest BCUT2D eigenvalue weighted by Gasteiger charge is -1.98. The van der Waals surface area contributed by atoms with Crippen LogP contribution >= 0.6 is 0 Å². The monoisotopic (exact) mass is 158 g/mol. The third kappa shape index (κ3) is 4.19. The van der Waals surface area contributed by atoms with Crippen LogP contribution in [0.15, 0.2) is 10.3 Å². The molecule has 0 aromatic rings. The fourth-order valence-electron chi connectivity index (χ4n) is 0.289. The minimum Gasteiger partial charge on any atom is -0.319 e. The Bertz CT molecular complexity index is 188. The molecular weight excluding hydrogens is 148 g/mol. The highest BCUT2D eigenvalue weighted by Gasteiger charge is 2.05. The predicted molar refractivity (Wildman–Crippen MR) is 40.1 cm³/mol. The summed E-state index contributed by atoms with van der Waals surface area (Å²) in [7, 11) is 0. The van der Waals surface area contributed by atoms with Gasteiger partial charge >= 0.3 is 5.97 Å². The van der Waals surface area contributed by atoms with Gasteiger partial charge in [0.15, 0.2) is 0 Å². The second-order valence-corrected chi connectivity index (χ2v) is 2.10. The molecule has 0 spiro atoms. The lowest BCUT2D eigenvalue weighted by atomic mass is 10.2. The van der Waals surface area contributed by atoms with Gasteiger partial charge in [-0.3, -0.25) is 0 Å². The highest BCUT2D eigenvalue weighted by Crippen LogP contribution is 1.93. The molecule has 0 N–H and O–H groups in total. The number of oxime groups is 1. The number of carbonyl (C=O) groups excluding carboxylic acids is 1. The maximum atomic E-state index is 10.2. The largest absolute Gasteiger partial charge is 0.331 e. The molecular formula is C6H10N2O3. The van der Waals surface area contributed by atoms with Crippen LogP contribution in [0.3, 0.4) is 0 Å². The van der Waals surface area contributed by atoms with E-state index in [1.54, 1.807) is 13.8 Å². The van der Waals surface area contributed by atoms with Crippen molar-refractivity contribution < 1.29 is 9.63 Å². The minimum absolute atomic E-state index is 0.384. The molecule has 0 aromatic heterocycles. The Balaban J connectivity index is 3.99. The Morgan fingerprint density at radius 1 is 1.45 bits per heavy atom. The topological polar surface area (TPSA) is 68.1 Å². The van der Waals surface area contributed by atoms with Crippen LogP contribution in [0.2, 0.25) is 0 Å². The first-order valence-electron chi connectivity index (χ1n) is 3.12. The Kier molecular flexibility index (Phi) is 4.02. The molecule has 0 saturated heterocycles. The molecule has 0 radical (unpaired) electrons. The van der Waals surface area contributed by atoms with Gasteiger partial charge in [0.2, 0.25) is 0 Å². The summed E-state index contributed by atoms with van der Waals surface area (Å²) in [4.78, 5) is 24.4. The summed E-state index contributed by atoms with van der Waals surface area (Å²) >= 11 is 0. The second kappa shape index (κ2) is 4.54. The molecule has 0 aromatic carbocycles. The Morgan fingerprint density at radius 2 is 2.00 bits per heavy atom. The normalized spacial score (nSPS) is 13.9. The van der Waals surface area contributed by atoms with Crippen molar-refractivity contribution >= 4 is 11.7 Å². The van der Waals surface area contributed by atoms with Crippen LogP contribution < -0.4 is 0 Å². The molecule has 0 rings (SSSR count). The Morgan fingerprint density at radius 3 is 2.36 bits per heavy atom. The highest BCUT2D eigenvalue weighted by atomic mass is 16.7. The van der Waals surface area contributed by atoms with Gasteiger partial charge in [0.1, 0.15) is 6.04 Å². The number of nitrogens with zero attached hydrogens (tertiary/aromatic N) is 2. The van der Waals surface area contributed by atoms with E-state index >= 15 is 0 Å². The number of rotatable bonds is 3. The van der Waals surface area contributed by atoms with Crippen molar-refractivity contribution in [3.63, 3.8) is 0 Å². The van der Waals surface area contributed by atoms with E-state index in [0.717, 1.165) is 0 Å². The summed E-state index contributed by atoms with van der Waals surface area (Å²) in [5.74, 6) is -0.512. The molecule has 0 saturated carbocycles. The molecule has 0 heterocycles. The van der Waals surface area contributed by atoms with Crippen LogP contribution in [0.5, 0.6) is 0 Å². The van der Waals surface area contributed by atoms with E-state index in [1.165, 1.54) is 6.92 Å². The van der Waals surface area contributed by atoms with Crippen LogP contribution in [0.1, 0.15) is 20.8 Å². The van der Waals surface area contributed by atoms with Crippen molar-refractivity contribution in [3.05, 3.63) is 4.91 Å². The van der Waals surface area contributed by atoms with Crippen molar-refractivity contribution in [2.75, 3.05) is 0 Å². The van der Waals surface area contributed by atoms with Gasteiger partial charge in [0.25, 0.3) is 0 Å². The van der Waals surface area contributed by atoms with Gasteiger partial charge in [-0.15, -0.1) is 0 Å². The van der Waals surface area contributed by atoms with Crippen molar-refractivity contribution in [1.82, 2.24) is 0 Å². The quantitative estimate of drug-likeness (QED) is 0.267. The van der Waals surface area contributed by atoms with Gasteiger partial charge < -0.3 is 4.84 Å². The molecule has 0 amide bonds. The van der Waals surface area contributed by atoms with Crippen LogP contribution in [0.25, 0.3) is 0 Å². The number of nitroso groups, excluding NO2 is 1. The summed E-state index contributed by atoms with van der Waals surface area (Å²) < 4.78 is 0. The lowest BCUT2D eigenvalue weighted by molar-refractivity contribution is -0.140. The SMILES string of the molecule is CC(=O)ON=C(C)C(C)N=O. The molecule has 1 atom stereocenters. The zero-order chi connectivity index (χ0) is 8.85. The van der Waals surface area contributed by atoms with E-state index in [2.05, 4.69) is 15.2 Å². The third-order valence-corrected chi connectivity index (χ3v) is 1.08. The molecule has 5 nitrogen and oxygen atoms in total. The van der Waals surface area contributed by atoms with E-state index in [-0.39, 0.29) is 0 Å². The number of hydrogen-bond acceptors (Lipinski definition) is 5. The maximum absolute atomic E-state index is 10.2. The Labute approximate surface area is 64.4 Å². The van der Waals surface area contributed by atoms with Gasteiger partial charge in [-0.25, -0.2) is 4.79 Å². The standard InChI is InChI=1S/C6H10N2O3/c1-4(7-10)5(2)8-11-6(3)9/h4H,1-3H3. The van der Waals surface area contributed by atoms with E-state index in [9.17, 15) is 9.70 Å². The number of hydrogen-bond donors (Lipinski definition) is 0. The molecule has 11 heavy (non-hydrogen) atoms. The summed E-state index contributed by atoms with van der Waals surface area (Å²) in [5, 5.41) is 6.06. The van der Waals surface area contributed by atoms with Crippen LogP contribution in [-0.4, -0.2) is 17.7 Å². The van der Waals surface area contributed by atoms with Crippen molar-refractivity contribution in [3.8, 4) is 0 Å². The smallest absolute Gasteiger partial charge is 0.319 e. The molecule has 0 bridgehead atoms. The van der Waals surface area contributed by atoms with Gasteiger partial charge in [-0.2, -0.15) is 4.91 Å². The summed E-state index contributed by atoms with van der Waals surface area (Å²) in [6, 6.07) is -0.547. The zero-order valence-electron chi connectivity index (χ0n) is 6.70. The lowest BCUT2D eigenvalue weighted by Crippen LogP contribution is -2.10. The Hall–Kier alpha value is -1.26. The fourth-order valence-corrected chi connectivity index (χ4v) is 0.289. The first-order valence-corrected chi connectivity index (χ1v) is 3.12. The molecule has 0 aliphatic heterocycles. The van der Waals surface area contributed by atoms with E-state index in [1.807, 2.05) is 0 Å². The molecule has 5 heteroatoms. The van der Waals surface area contributed by atoms with Gasteiger partial charge in [0, 0.05) is 6.92 Å². The molecule has 0 aliphatic carbocycles. The average Bonchev–Trinajstić information content (AvgIpc) is 1.98. The minimum atomic E-state index is -0.547. The third-order valence-electron chi connectivity index (χ3n) is 1.08. The predicted octanol–water partition coefficient (Wildman–Crippen LogP) is 1.08. The van der Waals surface area contributed by atoms with Crippen molar-refractivity contribution in [2.24, 2.45) is 10.3 Å². The van der Waals surface area contributed by atoms with Crippen LogP contribution in [0, 0.1) is 4.91 Å². The summed E-state index contributed by atoms with van der Waals surface area (Å²) in [6.07, 6.45) is 0. The highest BCUT2D eigenvalue weighted by molar-refractivity contribution is 5.87. The second-order valence-electron chi connectivity index (χ2n) is 2.10. The summed E-state index contributed by atoms with van der Waals surface area (Å²) in [5.41, 5.74) is 0.384. The number of carbonyl (C=O) groups is 1. The molecule has 0 aliphatic rings. The maximum Gasteiger partial charge on any atom is 0.331 e. The fraction of sp³-hybridized carbons (Fsp3) is 0.667. The van der Waals surface area contributed by atoms with E-state index < -0.39 is 12.0 Å². The average molecular weight is 158 g/mol. The van der Waals surface area contributed by atoms with Gasteiger partial charge in [-0.1, -0.05) is 10.3 Å². The molecule has 0 fully saturated rings. The van der Waals surface area contributed by atoms with E-state index in [4.69, 9.17) is 0 Å². The van der Waals surface area contributed by atoms with Crippen molar-refractivity contribution in [2.45, 2.75) is 26.8 Å². The molecule has 62 valence electrons. The van der Waals surface area contributed by atoms with Gasteiger partial charge in [-0.05, 0) is 13.8 Å². The molecule has 1 unspecified atom stereocenters. The van der Waals surface area contributed by atoms with Crippen LogP contribution in [0.4, 0.5) is 0 Å². The first-order chi connectivity index (χ1) is 5.07.